The van der Waals surface area contributed by atoms with Gasteiger partial charge in [0, 0.05) is 16.7 Å². The van der Waals surface area contributed by atoms with E-state index in [0.717, 1.165) is 21.7 Å². The minimum Gasteiger partial charge on any atom is -0.497 e. The molecule has 0 saturated carbocycles. The lowest BCUT2D eigenvalue weighted by atomic mass is 10.3. The van der Waals surface area contributed by atoms with Gasteiger partial charge in [0.1, 0.15) is 18.1 Å². The van der Waals surface area contributed by atoms with Crippen LogP contribution < -0.4 is 9.47 Å². The molecule has 0 saturated heterocycles. The lowest BCUT2D eigenvalue weighted by Gasteiger charge is -2.07. The first-order valence-corrected chi connectivity index (χ1v) is 5.94. The molecule has 0 radical (unpaired) electrons. The third-order valence-corrected chi connectivity index (χ3v) is 2.70. The number of halogens is 1. The predicted octanol–water partition coefficient (Wildman–Crippen LogP) is 3.43. The molecule has 0 aliphatic heterocycles. The summed E-state index contributed by atoms with van der Waals surface area (Å²) in [6, 6.07) is 11.3. The van der Waals surface area contributed by atoms with E-state index < -0.39 is 0 Å². The number of methoxy groups -OCH3 is 1. The molecule has 17 heavy (non-hydrogen) atoms. The lowest BCUT2D eigenvalue weighted by Crippen LogP contribution is -1.98. The van der Waals surface area contributed by atoms with E-state index in [-0.39, 0.29) is 0 Å². The first kappa shape index (κ1) is 11.9. The van der Waals surface area contributed by atoms with Crippen molar-refractivity contribution in [2.45, 2.75) is 6.61 Å². The van der Waals surface area contributed by atoms with Gasteiger partial charge in [0.25, 0.3) is 0 Å². The Morgan fingerprint density at radius 1 is 1.18 bits per heavy atom. The van der Waals surface area contributed by atoms with Crippen LogP contribution >= 0.6 is 15.9 Å². The van der Waals surface area contributed by atoms with Crippen molar-refractivity contribution in [2.75, 3.05) is 7.11 Å². The van der Waals surface area contributed by atoms with Crippen molar-refractivity contribution >= 4 is 15.9 Å². The Hall–Kier alpha value is -1.55. The van der Waals surface area contributed by atoms with E-state index in [1.165, 1.54) is 0 Å². The minimum atomic E-state index is 0.437. The highest BCUT2D eigenvalue weighted by molar-refractivity contribution is 9.10. The number of nitrogens with zero attached hydrogens (tertiary/aromatic N) is 1. The van der Waals surface area contributed by atoms with Crippen LogP contribution in [0, 0.1) is 0 Å². The highest BCUT2D eigenvalue weighted by Gasteiger charge is 1.99. The van der Waals surface area contributed by atoms with Crippen molar-refractivity contribution in [1.82, 2.24) is 4.98 Å². The maximum Gasteiger partial charge on any atom is 0.130 e. The summed E-state index contributed by atoms with van der Waals surface area (Å²) >= 11 is 3.40. The number of benzene rings is 1. The molecule has 0 fully saturated rings. The monoisotopic (exact) mass is 293 g/mol. The summed E-state index contributed by atoms with van der Waals surface area (Å²) in [7, 11) is 1.63. The second kappa shape index (κ2) is 5.68. The van der Waals surface area contributed by atoms with Crippen LogP contribution in [0.4, 0.5) is 0 Å². The van der Waals surface area contributed by atoms with Crippen LogP contribution in [0.25, 0.3) is 0 Å². The Balaban J connectivity index is 2.02. The van der Waals surface area contributed by atoms with Crippen molar-refractivity contribution in [2.24, 2.45) is 0 Å². The second-order valence-corrected chi connectivity index (χ2v) is 4.35. The van der Waals surface area contributed by atoms with E-state index in [0.29, 0.717) is 6.61 Å². The molecule has 0 aliphatic rings. The van der Waals surface area contributed by atoms with Gasteiger partial charge in [0.15, 0.2) is 0 Å². The third kappa shape index (κ3) is 3.46. The summed E-state index contributed by atoms with van der Waals surface area (Å²) in [5, 5.41) is 0. The van der Waals surface area contributed by atoms with Gasteiger partial charge in [0.05, 0.1) is 12.8 Å². The van der Waals surface area contributed by atoms with Gasteiger partial charge in [-0.1, -0.05) is 22.0 Å². The van der Waals surface area contributed by atoms with Gasteiger partial charge in [-0.25, -0.2) is 0 Å². The van der Waals surface area contributed by atoms with Crippen LogP contribution in [0.15, 0.2) is 47.1 Å². The smallest absolute Gasteiger partial charge is 0.130 e. The van der Waals surface area contributed by atoms with Crippen LogP contribution in [-0.2, 0) is 6.61 Å². The molecule has 3 nitrogen and oxygen atoms in total. The Morgan fingerprint density at radius 3 is 2.76 bits per heavy atom. The SMILES string of the molecule is COc1cccc(OCc2cc(Br)ccn2)c1. The van der Waals surface area contributed by atoms with Crippen LogP contribution in [0.5, 0.6) is 11.5 Å². The van der Waals surface area contributed by atoms with Crippen molar-refractivity contribution in [3.8, 4) is 11.5 Å². The van der Waals surface area contributed by atoms with Crippen LogP contribution in [0.1, 0.15) is 5.69 Å². The summed E-state index contributed by atoms with van der Waals surface area (Å²) in [5.41, 5.74) is 0.877. The summed E-state index contributed by atoms with van der Waals surface area (Å²) in [6.45, 7) is 0.437. The second-order valence-electron chi connectivity index (χ2n) is 3.43. The number of hydrogen-bond acceptors (Lipinski definition) is 3. The van der Waals surface area contributed by atoms with Gasteiger partial charge in [-0.05, 0) is 24.3 Å². The Morgan fingerprint density at radius 2 is 2.00 bits per heavy atom. The minimum absolute atomic E-state index is 0.437. The number of rotatable bonds is 4. The van der Waals surface area contributed by atoms with Crippen LogP contribution in [-0.4, -0.2) is 12.1 Å². The molecule has 1 aromatic carbocycles. The zero-order chi connectivity index (χ0) is 12.1. The van der Waals surface area contributed by atoms with E-state index in [4.69, 9.17) is 9.47 Å². The van der Waals surface area contributed by atoms with Crippen LogP contribution in [0.3, 0.4) is 0 Å². The molecule has 0 bridgehead atoms. The largest absolute Gasteiger partial charge is 0.497 e. The molecule has 0 N–H and O–H groups in total. The van der Waals surface area contributed by atoms with Gasteiger partial charge < -0.3 is 9.47 Å². The summed E-state index contributed by atoms with van der Waals surface area (Å²) in [6.07, 6.45) is 1.74. The zero-order valence-corrected chi connectivity index (χ0v) is 11.0. The normalized spacial score (nSPS) is 10.0. The molecular formula is C13H12BrNO2. The number of pyridine rings is 1. The predicted molar refractivity (Wildman–Crippen MR) is 69.3 cm³/mol. The summed E-state index contributed by atoms with van der Waals surface area (Å²) in [5.74, 6) is 1.55. The Labute approximate surface area is 109 Å². The van der Waals surface area contributed by atoms with E-state index >= 15 is 0 Å². The molecule has 2 rings (SSSR count). The quantitative estimate of drug-likeness (QED) is 0.865. The molecule has 1 aromatic heterocycles. The standard InChI is InChI=1S/C13H12BrNO2/c1-16-12-3-2-4-13(8-12)17-9-11-7-10(14)5-6-15-11/h2-8H,9H2,1H3. The zero-order valence-electron chi connectivity index (χ0n) is 9.39. The fraction of sp³-hybridized carbons (Fsp3) is 0.154. The summed E-state index contributed by atoms with van der Waals surface area (Å²) < 4.78 is 11.7. The number of ether oxygens (including phenoxy) is 2. The van der Waals surface area contributed by atoms with E-state index in [2.05, 4.69) is 20.9 Å². The van der Waals surface area contributed by atoms with E-state index in [1.807, 2.05) is 36.4 Å². The maximum absolute atomic E-state index is 5.63. The number of aromatic nitrogens is 1. The van der Waals surface area contributed by atoms with Crippen molar-refractivity contribution in [3.05, 3.63) is 52.8 Å². The maximum atomic E-state index is 5.63. The molecule has 0 unspecified atom stereocenters. The molecule has 0 aliphatic carbocycles. The Bertz CT molecular complexity index is 502. The first-order chi connectivity index (χ1) is 8.28. The molecule has 0 atom stereocenters. The van der Waals surface area contributed by atoms with Gasteiger partial charge in [-0.15, -0.1) is 0 Å². The fourth-order valence-electron chi connectivity index (χ4n) is 1.38. The van der Waals surface area contributed by atoms with Gasteiger partial charge >= 0.3 is 0 Å². The van der Waals surface area contributed by atoms with E-state index in [1.54, 1.807) is 13.3 Å². The third-order valence-electron chi connectivity index (χ3n) is 2.21. The first-order valence-electron chi connectivity index (χ1n) is 5.15. The molecule has 0 spiro atoms. The topological polar surface area (TPSA) is 31.4 Å². The molecule has 2 aromatic rings. The molecular weight excluding hydrogens is 282 g/mol. The average Bonchev–Trinajstić information content (AvgIpc) is 2.37. The van der Waals surface area contributed by atoms with E-state index in [9.17, 15) is 0 Å². The molecule has 88 valence electrons. The fourth-order valence-corrected chi connectivity index (χ4v) is 1.76. The highest BCUT2D eigenvalue weighted by Crippen LogP contribution is 2.20. The van der Waals surface area contributed by atoms with Gasteiger partial charge in [0.2, 0.25) is 0 Å². The molecule has 4 heteroatoms. The molecule has 1 heterocycles. The summed E-state index contributed by atoms with van der Waals surface area (Å²) in [4.78, 5) is 4.21. The lowest BCUT2D eigenvalue weighted by molar-refractivity contribution is 0.299. The number of hydrogen-bond donors (Lipinski definition) is 0. The Kier molecular flexibility index (Phi) is 3.98. The molecule has 0 amide bonds. The van der Waals surface area contributed by atoms with Crippen molar-refractivity contribution in [1.29, 1.82) is 0 Å². The van der Waals surface area contributed by atoms with Crippen molar-refractivity contribution < 1.29 is 9.47 Å². The van der Waals surface area contributed by atoms with Crippen LogP contribution in [0.2, 0.25) is 0 Å². The van der Waals surface area contributed by atoms with Crippen molar-refractivity contribution in [3.63, 3.8) is 0 Å². The highest BCUT2D eigenvalue weighted by atomic mass is 79.9. The van der Waals surface area contributed by atoms with Gasteiger partial charge in [-0.2, -0.15) is 0 Å². The van der Waals surface area contributed by atoms with Gasteiger partial charge in [-0.3, -0.25) is 4.98 Å². The average molecular weight is 294 g/mol.